The summed E-state index contributed by atoms with van der Waals surface area (Å²) in [5, 5.41) is 2.73. The zero-order valence-electron chi connectivity index (χ0n) is 13.6. The van der Waals surface area contributed by atoms with Crippen LogP contribution >= 0.6 is 0 Å². The van der Waals surface area contributed by atoms with Crippen LogP contribution in [0.4, 0.5) is 8.78 Å². The highest BCUT2D eigenvalue weighted by Gasteiger charge is 2.08. The van der Waals surface area contributed by atoms with Crippen molar-refractivity contribution in [3.63, 3.8) is 0 Å². The Hall–Kier alpha value is -2.63. The Morgan fingerprint density at radius 3 is 2.25 bits per heavy atom. The number of methoxy groups -OCH3 is 2. The third-order valence-corrected chi connectivity index (χ3v) is 3.47. The van der Waals surface area contributed by atoms with Gasteiger partial charge < -0.3 is 14.8 Å². The molecule has 2 rings (SSSR count). The van der Waals surface area contributed by atoms with Gasteiger partial charge in [-0.2, -0.15) is 0 Å². The molecule has 6 heteroatoms. The van der Waals surface area contributed by atoms with E-state index in [0.29, 0.717) is 30.0 Å². The predicted molar refractivity (Wildman–Crippen MR) is 86.3 cm³/mol. The van der Waals surface area contributed by atoms with Crippen molar-refractivity contribution in [2.45, 2.75) is 12.8 Å². The van der Waals surface area contributed by atoms with Crippen LogP contribution in [0, 0.1) is 11.6 Å². The Kier molecular flexibility index (Phi) is 6.12. The van der Waals surface area contributed by atoms with Gasteiger partial charge in [-0.25, -0.2) is 8.78 Å². The van der Waals surface area contributed by atoms with Crippen LogP contribution in [0.1, 0.15) is 11.1 Å². The minimum atomic E-state index is -0.623. The summed E-state index contributed by atoms with van der Waals surface area (Å²) in [4.78, 5) is 12.0. The molecule has 4 nitrogen and oxygen atoms in total. The predicted octanol–water partition coefficient (Wildman–Crippen LogP) is 2.88. The van der Waals surface area contributed by atoms with Gasteiger partial charge in [-0.1, -0.05) is 6.07 Å². The molecule has 0 heterocycles. The Labute approximate surface area is 139 Å². The molecule has 1 N–H and O–H groups in total. The van der Waals surface area contributed by atoms with E-state index in [1.165, 1.54) is 19.2 Å². The monoisotopic (exact) mass is 335 g/mol. The molecule has 0 spiro atoms. The lowest BCUT2D eigenvalue weighted by Gasteiger charge is -2.10. The average molecular weight is 335 g/mol. The van der Waals surface area contributed by atoms with E-state index in [1.807, 2.05) is 0 Å². The van der Waals surface area contributed by atoms with E-state index in [1.54, 1.807) is 25.3 Å². The first-order chi connectivity index (χ1) is 11.5. The number of nitrogens with one attached hydrogen (secondary N) is 1. The van der Waals surface area contributed by atoms with Crippen LogP contribution in [0.5, 0.6) is 11.5 Å². The maximum absolute atomic E-state index is 13.1. The number of ether oxygens (including phenoxy) is 2. The molecule has 2 aromatic carbocycles. The van der Waals surface area contributed by atoms with Gasteiger partial charge in [0.25, 0.3) is 0 Å². The molecule has 2 aromatic rings. The van der Waals surface area contributed by atoms with Crippen molar-refractivity contribution < 1.29 is 23.0 Å². The molecule has 0 aliphatic carbocycles. The lowest BCUT2D eigenvalue weighted by atomic mass is 10.1. The molecule has 0 saturated heterocycles. The van der Waals surface area contributed by atoms with E-state index >= 15 is 0 Å². The summed E-state index contributed by atoms with van der Waals surface area (Å²) in [6.45, 7) is 0.301. The van der Waals surface area contributed by atoms with Crippen LogP contribution in [0.2, 0.25) is 0 Å². The maximum Gasteiger partial charge on any atom is 0.224 e. The van der Waals surface area contributed by atoms with Crippen molar-refractivity contribution >= 4 is 5.91 Å². The standard InChI is InChI=1S/C18H19F2NO3/c1-23-16-4-3-12(9-17(16)24-2)10-18(22)21-6-5-13-7-14(19)11-15(20)8-13/h3-4,7-9,11H,5-6,10H2,1-2H3,(H,21,22). The van der Waals surface area contributed by atoms with Gasteiger partial charge >= 0.3 is 0 Å². The lowest BCUT2D eigenvalue weighted by molar-refractivity contribution is -0.120. The molecule has 0 saturated carbocycles. The van der Waals surface area contributed by atoms with Crippen LogP contribution in [-0.2, 0) is 17.6 Å². The normalized spacial score (nSPS) is 10.3. The summed E-state index contributed by atoms with van der Waals surface area (Å²) in [6, 6.07) is 8.58. The molecule has 0 radical (unpaired) electrons. The minimum absolute atomic E-state index is 0.178. The fourth-order valence-electron chi connectivity index (χ4n) is 2.34. The van der Waals surface area contributed by atoms with E-state index < -0.39 is 11.6 Å². The van der Waals surface area contributed by atoms with E-state index in [4.69, 9.17) is 9.47 Å². The van der Waals surface area contributed by atoms with Crippen molar-refractivity contribution in [2.75, 3.05) is 20.8 Å². The van der Waals surface area contributed by atoms with Crippen molar-refractivity contribution in [3.05, 3.63) is 59.2 Å². The summed E-state index contributed by atoms with van der Waals surface area (Å²) >= 11 is 0. The number of halogens is 2. The first-order valence-electron chi connectivity index (χ1n) is 7.44. The van der Waals surface area contributed by atoms with Gasteiger partial charge in [-0.15, -0.1) is 0 Å². The average Bonchev–Trinajstić information content (AvgIpc) is 2.53. The first-order valence-corrected chi connectivity index (χ1v) is 7.44. The highest BCUT2D eigenvalue weighted by Crippen LogP contribution is 2.27. The Morgan fingerprint density at radius 1 is 0.958 bits per heavy atom. The molecule has 24 heavy (non-hydrogen) atoms. The zero-order valence-corrected chi connectivity index (χ0v) is 13.6. The van der Waals surface area contributed by atoms with Crippen LogP contribution in [0.3, 0.4) is 0 Å². The molecule has 0 aliphatic rings. The summed E-state index contributed by atoms with van der Waals surface area (Å²) in [7, 11) is 3.07. The Balaban J connectivity index is 1.87. The molecule has 0 fully saturated rings. The molecule has 0 unspecified atom stereocenters. The van der Waals surface area contributed by atoms with Gasteiger partial charge in [0.1, 0.15) is 11.6 Å². The quantitative estimate of drug-likeness (QED) is 0.846. The number of amides is 1. The van der Waals surface area contributed by atoms with Gasteiger partial charge in [0.2, 0.25) is 5.91 Å². The lowest BCUT2D eigenvalue weighted by Crippen LogP contribution is -2.27. The molecule has 128 valence electrons. The molecular formula is C18H19F2NO3. The molecule has 0 atom stereocenters. The minimum Gasteiger partial charge on any atom is -0.493 e. The van der Waals surface area contributed by atoms with Crippen molar-refractivity contribution in [3.8, 4) is 11.5 Å². The molecular weight excluding hydrogens is 316 g/mol. The van der Waals surface area contributed by atoms with E-state index in [9.17, 15) is 13.6 Å². The van der Waals surface area contributed by atoms with Crippen molar-refractivity contribution in [2.24, 2.45) is 0 Å². The van der Waals surface area contributed by atoms with Gasteiger partial charge in [0.15, 0.2) is 11.5 Å². The number of benzene rings is 2. The summed E-state index contributed by atoms with van der Waals surface area (Å²) < 4.78 is 36.5. The highest BCUT2D eigenvalue weighted by atomic mass is 19.1. The molecule has 0 bridgehead atoms. The van der Waals surface area contributed by atoms with Crippen molar-refractivity contribution in [1.82, 2.24) is 5.32 Å². The zero-order chi connectivity index (χ0) is 17.5. The van der Waals surface area contributed by atoms with E-state index in [-0.39, 0.29) is 12.3 Å². The third-order valence-electron chi connectivity index (χ3n) is 3.47. The molecule has 0 aliphatic heterocycles. The van der Waals surface area contributed by atoms with Crippen LogP contribution in [-0.4, -0.2) is 26.7 Å². The second kappa shape index (κ2) is 8.29. The van der Waals surface area contributed by atoms with Crippen molar-refractivity contribution in [1.29, 1.82) is 0 Å². The Morgan fingerprint density at radius 2 is 1.62 bits per heavy atom. The number of rotatable bonds is 7. The van der Waals surface area contributed by atoms with Crippen LogP contribution in [0.25, 0.3) is 0 Å². The highest BCUT2D eigenvalue weighted by molar-refractivity contribution is 5.78. The largest absolute Gasteiger partial charge is 0.493 e. The molecule has 1 amide bonds. The number of hydrogen-bond donors (Lipinski definition) is 1. The molecule has 0 aromatic heterocycles. The topological polar surface area (TPSA) is 47.6 Å². The van der Waals surface area contributed by atoms with Crippen LogP contribution < -0.4 is 14.8 Å². The summed E-state index contributed by atoms with van der Waals surface area (Å²) in [5.74, 6) is -0.282. The van der Waals surface area contributed by atoms with E-state index in [2.05, 4.69) is 5.32 Å². The van der Waals surface area contributed by atoms with E-state index in [0.717, 1.165) is 11.6 Å². The Bertz CT molecular complexity index is 699. The fraction of sp³-hybridized carbons (Fsp3) is 0.278. The number of carbonyl (C=O) groups is 1. The first kappa shape index (κ1) is 17.7. The summed E-state index contributed by atoms with van der Waals surface area (Å²) in [5.41, 5.74) is 1.28. The SMILES string of the molecule is COc1ccc(CC(=O)NCCc2cc(F)cc(F)c2)cc1OC. The second-order valence-corrected chi connectivity index (χ2v) is 5.24. The fourth-order valence-corrected chi connectivity index (χ4v) is 2.34. The second-order valence-electron chi connectivity index (χ2n) is 5.24. The smallest absolute Gasteiger partial charge is 0.224 e. The van der Waals surface area contributed by atoms with Gasteiger partial charge in [-0.05, 0) is 41.8 Å². The third kappa shape index (κ3) is 4.94. The summed E-state index contributed by atoms with van der Waals surface area (Å²) in [6.07, 6.45) is 0.532. The van der Waals surface area contributed by atoms with Crippen LogP contribution in [0.15, 0.2) is 36.4 Å². The van der Waals surface area contributed by atoms with Gasteiger partial charge in [0.05, 0.1) is 20.6 Å². The van der Waals surface area contributed by atoms with Gasteiger partial charge in [-0.3, -0.25) is 4.79 Å². The number of carbonyl (C=O) groups excluding carboxylic acids is 1. The van der Waals surface area contributed by atoms with Gasteiger partial charge in [0, 0.05) is 12.6 Å². The maximum atomic E-state index is 13.1. The number of hydrogen-bond acceptors (Lipinski definition) is 3.